The van der Waals surface area contributed by atoms with Gasteiger partial charge in [0, 0.05) is 5.56 Å². The fourth-order valence-corrected chi connectivity index (χ4v) is 3.07. The molecule has 116 valence electrons. The minimum Gasteiger partial charge on any atom is -0.278 e. The first kappa shape index (κ1) is 15.3. The van der Waals surface area contributed by atoms with Crippen molar-refractivity contribution in [3.05, 3.63) is 82.4 Å². The molecule has 2 heteroatoms. The van der Waals surface area contributed by atoms with E-state index in [1.54, 1.807) is 0 Å². The highest BCUT2D eigenvalue weighted by atomic mass is 15.3. The van der Waals surface area contributed by atoms with Crippen LogP contribution in [0.2, 0.25) is 0 Å². The lowest BCUT2D eigenvalue weighted by Crippen LogP contribution is -1.98. The molecular formula is C21H22N2. The summed E-state index contributed by atoms with van der Waals surface area (Å²) in [5.74, 6) is 0. The van der Waals surface area contributed by atoms with Gasteiger partial charge in [0.2, 0.25) is 0 Å². The maximum atomic E-state index is 4.47. The maximum Gasteiger partial charge on any atom is 0.0620 e. The molecule has 0 fully saturated rings. The molecule has 0 radical (unpaired) electrons. The number of hydrogen-bond donors (Lipinski definition) is 1. The minimum absolute atomic E-state index is 0.995. The maximum absolute atomic E-state index is 4.47. The van der Waals surface area contributed by atoms with Crippen molar-refractivity contribution in [1.82, 2.24) is 0 Å². The van der Waals surface area contributed by atoms with E-state index in [2.05, 4.69) is 85.9 Å². The monoisotopic (exact) mass is 302 g/mol. The Kier molecular flexibility index (Phi) is 4.42. The fourth-order valence-electron chi connectivity index (χ4n) is 3.07. The largest absolute Gasteiger partial charge is 0.278 e. The molecule has 1 aliphatic rings. The molecule has 0 saturated heterocycles. The number of hydrogen-bond acceptors (Lipinski definition) is 2. The lowest BCUT2D eigenvalue weighted by molar-refractivity contribution is 1.25. The molecule has 0 aliphatic heterocycles. The number of hydrazone groups is 1. The molecule has 3 rings (SSSR count). The predicted molar refractivity (Wildman–Crippen MR) is 100 cm³/mol. The lowest BCUT2D eigenvalue weighted by Gasteiger charge is -2.11. The number of aryl methyl sites for hydroxylation is 3. The molecule has 0 unspecified atom stereocenters. The molecule has 1 aliphatic carbocycles. The SMILES string of the molecule is Cc1cc(C)c(N/N=C/c2ccccc2C2=CC=CC2)c(C)c1. The number of benzene rings is 2. The molecule has 0 spiro atoms. The molecule has 0 saturated carbocycles. The summed E-state index contributed by atoms with van der Waals surface area (Å²) in [7, 11) is 0. The Morgan fingerprint density at radius 3 is 2.48 bits per heavy atom. The van der Waals surface area contributed by atoms with Crippen LogP contribution in [0.25, 0.3) is 5.57 Å². The van der Waals surface area contributed by atoms with Crippen LogP contribution in [-0.2, 0) is 0 Å². The summed E-state index contributed by atoms with van der Waals surface area (Å²) in [5.41, 5.74) is 11.7. The van der Waals surface area contributed by atoms with Crippen molar-refractivity contribution >= 4 is 17.5 Å². The summed E-state index contributed by atoms with van der Waals surface area (Å²) in [4.78, 5) is 0. The highest BCUT2D eigenvalue weighted by Crippen LogP contribution is 2.26. The van der Waals surface area contributed by atoms with E-state index in [0.29, 0.717) is 0 Å². The molecule has 0 aromatic heterocycles. The lowest BCUT2D eigenvalue weighted by atomic mass is 10.00. The van der Waals surface area contributed by atoms with E-state index in [0.717, 1.165) is 17.7 Å². The molecule has 2 aromatic rings. The Morgan fingerprint density at radius 1 is 1.04 bits per heavy atom. The van der Waals surface area contributed by atoms with Crippen LogP contribution < -0.4 is 5.43 Å². The number of nitrogens with one attached hydrogen (secondary N) is 1. The van der Waals surface area contributed by atoms with Gasteiger partial charge in [0.25, 0.3) is 0 Å². The summed E-state index contributed by atoms with van der Waals surface area (Å²) in [6, 6.07) is 12.7. The van der Waals surface area contributed by atoms with Gasteiger partial charge in [-0.3, -0.25) is 5.43 Å². The van der Waals surface area contributed by atoms with E-state index in [1.807, 2.05) is 6.21 Å². The summed E-state index contributed by atoms with van der Waals surface area (Å²) in [5, 5.41) is 4.47. The van der Waals surface area contributed by atoms with Crippen LogP contribution >= 0.6 is 0 Å². The zero-order valence-electron chi connectivity index (χ0n) is 13.9. The van der Waals surface area contributed by atoms with E-state index < -0.39 is 0 Å². The second kappa shape index (κ2) is 6.66. The van der Waals surface area contributed by atoms with Crippen LogP contribution in [0.4, 0.5) is 5.69 Å². The van der Waals surface area contributed by atoms with Crippen LogP contribution in [0, 0.1) is 20.8 Å². The Hall–Kier alpha value is -2.61. The average molecular weight is 302 g/mol. The third kappa shape index (κ3) is 3.42. The molecule has 0 heterocycles. The first-order chi connectivity index (χ1) is 11.1. The molecule has 2 nitrogen and oxygen atoms in total. The van der Waals surface area contributed by atoms with Gasteiger partial charge in [-0.2, -0.15) is 5.10 Å². The van der Waals surface area contributed by atoms with Crippen molar-refractivity contribution in [3.8, 4) is 0 Å². The van der Waals surface area contributed by atoms with Gasteiger partial charge >= 0.3 is 0 Å². The van der Waals surface area contributed by atoms with Crippen LogP contribution in [0.1, 0.15) is 34.2 Å². The number of anilines is 1. The van der Waals surface area contributed by atoms with Crippen molar-refractivity contribution in [2.24, 2.45) is 5.10 Å². The van der Waals surface area contributed by atoms with Crippen LogP contribution in [0.5, 0.6) is 0 Å². The third-order valence-electron chi connectivity index (χ3n) is 4.14. The van der Waals surface area contributed by atoms with E-state index in [-0.39, 0.29) is 0 Å². The second-order valence-electron chi connectivity index (χ2n) is 6.06. The Morgan fingerprint density at radius 2 is 1.78 bits per heavy atom. The minimum atomic E-state index is 0.995. The highest BCUT2D eigenvalue weighted by Gasteiger charge is 2.07. The van der Waals surface area contributed by atoms with Gasteiger partial charge < -0.3 is 0 Å². The first-order valence-electron chi connectivity index (χ1n) is 7.97. The van der Waals surface area contributed by atoms with E-state index >= 15 is 0 Å². The molecular weight excluding hydrogens is 280 g/mol. The molecule has 0 bridgehead atoms. The third-order valence-corrected chi connectivity index (χ3v) is 4.14. The molecule has 23 heavy (non-hydrogen) atoms. The van der Waals surface area contributed by atoms with Crippen molar-refractivity contribution in [1.29, 1.82) is 0 Å². The summed E-state index contributed by atoms with van der Waals surface area (Å²) < 4.78 is 0. The molecule has 0 amide bonds. The quantitative estimate of drug-likeness (QED) is 0.593. The van der Waals surface area contributed by atoms with Crippen LogP contribution in [0.15, 0.2) is 59.7 Å². The van der Waals surface area contributed by atoms with Crippen molar-refractivity contribution in [2.45, 2.75) is 27.2 Å². The predicted octanol–water partition coefficient (Wildman–Crippen LogP) is 5.40. The number of allylic oxidation sites excluding steroid dienone is 4. The molecule has 0 atom stereocenters. The van der Waals surface area contributed by atoms with Crippen molar-refractivity contribution in [2.75, 3.05) is 5.43 Å². The van der Waals surface area contributed by atoms with Gasteiger partial charge in [-0.05, 0) is 49.5 Å². The summed E-state index contributed by atoms with van der Waals surface area (Å²) in [6.07, 6.45) is 9.37. The van der Waals surface area contributed by atoms with Gasteiger partial charge in [-0.15, -0.1) is 0 Å². The smallest absolute Gasteiger partial charge is 0.0620 e. The number of rotatable bonds is 4. The summed E-state index contributed by atoms with van der Waals surface area (Å²) >= 11 is 0. The standard InChI is InChI=1S/C21H22N2/c1-15-12-16(2)21(17(3)13-15)23-22-14-19-10-6-7-11-20(19)18-8-4-5-9-18/h4-8,10-14,23H,9H2,1-3H3/b22-14+. The first-order valence-corrected chi connectivity index (χ1v) is 7.97. The van der Waals surface area contributed by atoms with Gasteiger partial charge in [-0.1, -0.05) is 60.2 Å². The van der Waals surface area contributed by atoms with Gasteiger partial charge in [-0.25, -0.2) is 0 Å². The topological polar surface area (TPSA) is 24.4 Å². The Bertz CT molecular complexity index is 787. The fraction of sp³-hybridized carbons (Fsp3) is 0.190. The van der Waals surface area contributed by atoms with Crippen molar-refractivity contribution in [3.63, 3.8) is 0 Å². The van der Waals surface area contributed by atoms with Gasteiger partial charge in [0.05, 0.1) is 11.9 Å². The van der Waals surface area contributed by atoms with Crippen LogP contribution in [0.3, 0.4) is 0 Å². The van der Waals surface area contributed by atoms with E-state index in [4.69, 9.17) is 0 Å². The Labute approximate surface area is 138 Å². The molecule has 1 N–H and O–H groups in total. The van der Waals surface area contributed by atoms with Gasteiger partial charge in [0.15, 0.2) is 0 Å². The summed E-state index contributed by atoms with van der Waals surface area (Å²) in [6.45, 7) is 6.34. The molecule has 2 aromatic carbocycles. The average Bonchev–Trinajstić information content (AvgIpc) is 3.04. The van der Waals surface area contributed by atoms with Crippen molar-refractivity contribution < 1.29 is 0 Å². The number of nitrogens with zero attached hydrogens (tertiary/aromatic N) is 1. The van der Waals surface area contributed by atoms with E-state index in [1.165, 1.54) is 27.8 Å². The van der Waals surface area contributed by atoms with E-state index in [9.17, 15) is 0 Å². The van der Waals surface area contributed by atoms with Gasteiger partial charge in [0.1, 0.15) is 0 Å². The zero-order chi connectivity index (χ0) is 16.2. The Balaban J connectivity index is 1.82. The second-order valence-corrected chi connectivity index (χ2v) is 6.06. The zero-order valence-corrected chi connectivity index (χ0v) is 13.9. The van der Waals surface area contributed by atoms with Crippen LogP contribution in [-0.4, -0.2) is 6.21 Å². The highest BCUT2D eigenvalue weighted by molar-refractivity contribution is 5.89. The normalized spacial score (nSPS) is 13.6.